The van der Waals surface area contributed by atoms with Gasteiger partial charge in [0.2, 0.25) is 0 Å². The van der Waals surface area contributed by atoms with E-state index in [1.807, 2.05) is 24.1 Å². The predicted molar refractivity (Wildman–Crippen MR) is 73.9 cm³/mol. The van der Waals surface area contributed by atoms with Crippen molar-refractivity contribution >= 4 is 27.3 Å². The maximum atomic E-state index is 11.1. The largest absolute Gasteiger partial charge is 0.366 e. The molecule has 0 aliphatic rings. The highest BCUT2D eigenvalue weighted by Crippen LogP contribution is 2.30. The molecule has 0 saturated carbocycles. The second-order valence-electron chi connectivity index (χ2n) is 4.08. The van der Waals surface area contributed by atoms with Gasteiger partial charge in [-0.15, -0.1) is 0 Å². The van der Waals surface area contributed by atoms with Crippen LogP contribution in [0.1, 0.15) is 25.8 Å². The Bertz CT molecular complexity index is 409. The molecule has 5 heteroatoms. The van der Waals surface area contributed by atoms with Crippen molar-refractivity contribution < 1.29 is 4.92 Å². The fourth-order valence-electron chi connectivity index (χ4n) is 1.61. The van der Waals surface area contributed by atoms with Crippen molar-refractivity contribution in [2.24, 2.45) is 0 Å². The average molecular weight is 301 g/mol. The quantitative estimate of drug-likeness (QED) is 0.473. The molecular weight excluding hydrogens is 284 g/mol. The minimum atomic E-state index is -0.319. The molecule has 1 aromatic rings. The molecule has 0 amide bonds. The molecule has 0 saturated heterocycles. The molecule has 0 spiro atoms. The maximum absolute atomic E-state index is 11.1. The SMILES string of the molecule is CCC(C)N(C)c1ccc(CBr)cc1[N+](=O)[O-]. The monoisotopic (exact) mass is 300 g/mol. The van der Waals surface area contributed by atoms with Gasteiger partial charge in [0, 0.05) is 24.5 Å². The zero-order valence-electron chi connectivity index (χ0n) is 10.3. The fourth-order valence-corrected chi connectivity index (χ4v) is 1.96. The van der Waals surface area contributed by atoms with Crippen LogP contribution in [0.3, 0.4) is 0 Å². The Morgan fingerprint density at radius 2 is 2.18 bits per heavy atom. The third kappa shape index (κ3) is 3.19. The van der Waals surface area contributed by atoms with Crippen molar-refractivity contribution in [2.75, 3.05) is 11.9 Å². The third-order valence-electron chi connectivity index (χ3n) is 3.02. The first-order valence-corrected chi connectivity index (χ1v) is 6.69. The van der Waals surface area contributed by atoms with Crippen molar-refractivity contribution in [3.8, 4) is 0 Å². The second-order valence-corrected chi connectivity index (χ2v) is 4.64. The summed E-state index contributed by atoms with van der Waals surface area (Å²) in [6.07, 6.45) is 0.952. The van der Waals surface area contributed by atoms with Gasteiger partial charge in [0.25, 0.3) is 5.69 Å². The zero-order chi connectivity index (χ0) is 13.0. The summed E-state index contributed by atoms with van der Waals surface area (Å²) in [5.41, 5.74) is 1.76. The van der Waals surface area contributed by atoms with Crippen molar-refractivity contribution in [3.63, 3.8) is 0 Å². The first-order valence-electron chi connectivity index (χ1n) is 5.57. The van der Waals surface area contributed by atoms with Crippen LogP contribution in [0, 0.1) is 10.1 Å². The zero-order valence-corrected chi connectivity index (χ0v) is 11.9. The molecule has 0 radical (unpaired) electrons. The Morgan fingerprint density at radius 3 is 2.65 bits per heavy atom. The van der Waals surface area contributed by atoms with E-state index in [9.17, 15) is 10.1 Å². The molecule has 1 atom stereocenters. The number of hydrogen-bond donors (Lipinski definition) is 0. The van der Waals surface area contributed by atoms with Gasteiger partial charge >= 0.3 is 0 Å². The number of anilines is 1. The van der Waals surface area contributed by atoms with E-state index in [1.165, 1.54) is 0 Å². The number of benzene rings is 1. The van der Waals surface area contributed by atoms with E-state index in [4.69, 9.17) is 0 Å². The Hall–Kier alpha value is -1.10. The lowest BCUT2D eigenvalue weighted by Gasteiger charge is -2.25. The molecule has 0 bridgehead atoms. The summed E-state index contributed by atoms with van der Waals surface area (Å²) in [4.78, 5) is 12.7. The molecule has 1 rings (SSSR count). The molecule has 94 valence electrons. The third-order valence-corrected chi connectivity index (χ3v) is 3.67. The Labute approximate surface area is 110 Å². The van der Waals surface area contributed by atoms with Gasteiger partial charge < -0.3 is 4.90 Å². The normalized spacial score (nSPS) is 12.2. The number of hydrogen-bond acceptors (Lipinski definition) is 3. The van der Waals surface area contributed by atoms with Crippen molar-refractivity contribution in [1.82, 2.24) is 0 Å². The summed E-state index contributed by atoms with van der Waals surface area (Å²) in [7, 11) is 1.89. The van der Waals surface area contributed by atoms with Gasteiger partial charge in [-0.2, -0.15) is 0 Å². The smallest absolute Gasteiger partial charge is 0.292 e. The summed E-state index contributed by atoms with van der Waals surface area (Å²) < 4.78 is 0. The van der Waals surface area contributed by atoms with Crippen molar-refractivity contribution in [2.45, 2.75) is 31.6 Å². The number of alkyl halides is 1. The van der Waals surface area contributed by atoms with E-state index in [0.29, 0.717) is 11.0 Å². The lowest BCUT2D eigenvalue weighted by atomic mass is 10.1. The van der Waals surface area contributed by atoms with Crippen LogP contribution in [-0.4, -0.2) is 18.0 Å². The highest BCUT2D eigenvalue weighted by atomic mass is 79.9. The Kier molecular flexibility index (Phi) is 4.93. The lowest BCUT2D eigenvalue weighted by molar-refractivity contribution is -0.384. The van der Waals surface area contributed by atoms with E-state index >= 15 is 0 Å². The first-order chi connectivity index (χ1) is 8.01. The molecular formula is C12H17BrN2O2. The van der Waals surface area contributed by atoms with E-state index < -0.39 is 0 Å². The van der Waals surface area contributed by atoms with E-state index in [-0.39, 0.29) is 16.7 Å². The van der Waals surface area contributed by atoms with Crippen LogP contribution in [0.5, 0.6) is 0 Å². The average Bonchev–Trinajstić information content (AvgIpc) is 2.35. The summed E-state index contributed by atoms with van der Waals surface area (Å²) >= 11 is 3.31. The van der Waals surface area contributed by atoms with Gasteiger partial charge in [0.1, 0.15) is 5.69 Å². The van der Waals surface area contributed by atoms with Gasteiger partial charge in [0.05, 0.1) is 4.92 Å². The van der Waals surface area contributed by atoms with E-state index in [1.54, 1.807) is 6.07 Å². The summed E-state index contributed by atoms with van der Waals surface area (Å²) in [5, 5.41) is 11.7. The highest BCUT2D eigenvalue weighted by molar-refractivity contribution is 9.08. The first kappa shape index (κ1) is 14.0. The van der Waals surface area contributed by atoms with Crippen LogP contribution in [0.25, 0.3) is 0 Å². The number of nitro groups is 1. The number of rotatable bonds is 5. The van der Waals surface area contributed by atoms with Crippen LogP contribution in [-0.2, 0) is 5.33 Å². The predicted octanol–water partition coefficient (Wildman–Crippen LogP) is 3.72. The van der Waals surface area contributed by atoms with Crippen LogP contribution >= 0.6 is 15.9 Å². The fraction of sp³-hybridized carbons (Fsp3) is 0.500. The number of nitrogens with zero attached hydrogens (tertiary/aromatic N) is 2. The molecule has 4 nitrogen and oxygen atoms in total. The van der Waals surface area contributed by atoms with Crippen molar-refractivity contribution in [1.29, 1.82) is 0 Å². The van der Waals surface area contributed by atoms with E-state index in [0.717, 1.165) is 12.0 Å². The molecule has 17 heavy (non-hydrogen) atoms. The highest BCUT2D eigenvalue weighted by Gasteiger charge is 2.20. The number of halogens is 1. The van der Waals surface area contributed by atoms with Gasteiger partial charge in [0.15, 0.2) is 0 Å². The van der Waals surface area contributed by atoms with Gasteiger partial charge in [-0.1, -0.05) is 28.9 Å². The summed E-state index contributed by atoms with van der Waals surface area (Å²) in [5.74, 6) is 0. The molecule has 0 heterocycles. The molecule has 1 unspecified atom stereocenters. The van der Waals surface area contributed by atoms with Gasteiger partial charge in [-0.05, 0) is 25.0 Å². The maximum Gasteiger partial charge on any atom is 0.292 e. The standard InChI is InChI=1S/C12H17BrN2O2/c1-4-9(2)14(3)11-6-5-10(8-13)7-12(11)15(16)17/h5-7,9H,4,8H2,1-3H3. The minimum Gasteiger partial charge on any atom is -0.366 e. The molecule has 0 aliphatic carbocycles. The summed E-state index contributed by atoms with van der Waals surface area (Å²) in [6, 6.07) is 5.64. The Morgan fingerprint density at radius 1 is 1.53 bits per heavy atom. The van der Waals surface area contributed by atoms with Crippen molar-refractivity contribution in [3.05, 3.63) is 33.9 Å². The van der Waals surface area contributed by atoms with Crippen LogP contribution < -0.4 is 4.90 Å². The Balaban J connectivity index is 3.18. The lowest BCUT2D eigenvalue weighted by Crippen LogP contribution is -2.28. The van der Waals surface area contributed by atoms with Crippen LogP contribution in [0.4, 0.5) is 11.4 Å². The molecule has 0 aliphatic heterocycles. The van der Waals surface area contributed by atoms with Crippen LogP contribution in [0.2, 0.25) is 0 Å². The van der Waals surface area contributed by atoms with Gasteiger partial charge in [-0.3, -0.25) is 10.1 Å². The molecule has 0 fully saturated rings. The topological polar surface area (TPSA) is 46.4 Å². The molecule has 0 aromatic heterocycles. The minimum absolute atomic E-state index is 0.171. The van der Waals surface area contributed by atoms with Crippen LogP contribution in [0.15, 0.2) is 18.2 Å². The molecule has 1 aromatic carbocycles. The second kappa shape index (κ2) is 6.00. The molecule has 0 N–H and O–H groups in total. The number of nitro benzene ring substituents is 1. The van der Waals surface area contributed by atoms with E-state index in [2.05, 4.69) is 29.8 Å². The van der Waals surface area contributed by atoms with Gasteiger partial charge in [-0.25, -0.2) is 0 Å². The summed E-state index contributed by atoms with van der Waals surface area (Å²) in [6.45, 7) is 4.13.